The molecule has 0 amide bonds. The quantitative estimate of drug-likeness (QED) is 0.149. The number of hydrogen-bond acceptors (Lipinski definition) is 8. The number of isothiocyanates is 1. The summed E-state index contributed by atoms with van der Waals surface area (Å²) in [6.45, 7) is 10.7. The van der Waals surface area contributed by atoms with Gasteiger partial charge in [0.15, 0.2) is 5.11 Å². The van der Waals surface area contributed by atoms with Crippen LogP contribution in [0.2, 0.25) is 0 Å². The van der Waals surface area contributed by atoms with Crippen LogP contribution in [0.3, 0.4) is 0 Å². The molecule has 0 aromatic heterocycles. The predicted molar refractivity (Wildman–Crippen MR) is 186 cm³/mol. The second-order valence-corrected chi connectivity index (χ2v) is 11.1. The number of nitrogens with one attached hydrogen (secondary N) is 2. The number of thiocarbonyl (C=S) groups is 2. The molecule has 0 spiro atoms. The molecule has 240 valence electrons. The number of nitrogens with two attached hydrogens (primary N) is 1. The van der Waals surface area contributed by atoms with E-state index in [4.69, 9.17) is 32.5 Å². The highest BCUT2D eigenvalue weighted by atomic mass is 32.1. The summed E-state index contributed by atoms with van der Waals surface area (Å²) in [5.74, 6) is 1.80. The first-order valence-corrected chi connectivity index (χ1v) is 14.0. The van der Waals surface area contributed by atoms with Crippen molar-refractivity contribution in [3.8, 4) is 11.5 Å². The van der Waals surface area contributed by atoms with Crippen molar-refractivity contribution in [1.82, 2.24) is 10.6 Å². The van der Waals surface area contributed by atoms with Crippen molar-refractivity contribution < 1.29 is 19.7 Å². The summed E-state index contributed by atoms with van der Waals surface area (Å²) < 4.78 is 10.5. The number of methoxy groups -OCH3 is 2. The van der Waals surface area contributed by atoms with Crippen molar-refractivity contribution in [3.05, 3.63) is 59.7 Å². The lowest BCUT2D eigenvalue weighted by Crippen LogP contribution is -2.42. The maximum absolute atomic E-state index is 9.17. The molecule has 0 aliphatic rings. The van der Waals surface area contributed by atoms with Crippen LogP contribution in [0.15, 0.2) is 53.5 Å². The minimum atomic E-state index is -0.172. The zero-order valence-corrected chi connectivity index (χ0v) is 26.5. The molecule has 0 radical (unpaired) electrons. The van der Waals surface area contributed by atoms with Crippen LogP contribution < -0.4 is 25.8 Å². The number of ether oxygens (including phenoxy) is 2. The van der Waals surface area contributed by atoms with E-state index in [1.54, 1.807) is 14.2 Å². The van der Waals surface area contributed by atoms with Gasteiger partial charge < -0.3 is 36.1 Å². The fraction of sp³-hybridized carbons (Fsp3) is 0.562. The van der Waals surface area contributed by atoms with Crippen LogP contribution in [0, 0.1) is 10.8 Å². The summed E-state index contributed by atoms with van der Waals surface area (Å²) in [5.41, 5.74) is 7.31. The highest BCUT2D eigenvalue weighted by Gasteiger charge is 2.16. The Balaban J connectivity index is -0.000000596. The molecule has 0 saturated heterocycles. The van der Waals surface area contributed by atoms with E-state index in [2.05, 4.69) is 33.0 Å². The number of nitrogens with zero attached hydrogens (tertiary/aromatic N) is 1. The Labute approximate surface area is 266 Å². The normalized spacial score (nSPS) is 10.0. The number of aliphatic hydroxyl groups is 2. The summed E-state index contributed by atoms with van der Waals surface area (Å²) in [5, 5.41) is 26.9. The molecule has 0 atom stereocenters. The molecule has 0 unspecified atom stereocenters. The van der Waals surface area contributed by atoms with Gasteiger partial charge in [0.1, 0.15) is 11.5 Å². The van der Waals surface area contributed by atoms with Gasteiger partial charge in [0, 0.05) is 37.1 Å². The Morgan fingerprint density at radius 1 is 0.857 bits per heavy atom. The monoisotopic (exact) mass is 624 g/mol. The number of aliphatic imine (C=N–C) groups is 1. The fourth-order valence-corrected chi connectivity index (χ4v) is 3.12. The van der Waals surface area contributed by atoms with Crippen LogP contribution in [-0.4, -0.2) is 74.1 Å². The van der Waals surface area contributed by atoms with Crippen molar-refractivity contribution >= 4 is 34.7 Å². The van der Waals surface area contributed by atoms with E-state index in [0.29, 0.717) is 24.7 Å². The van der Waals surface area contributed by atoms with E-state index in [-0.39, 0.29) is 38.9 Å². The SMILES string of the molecule is C.C.CC(C)(CN)CO.COc1ccccc1CCN=C=S.COc1ccccc1CCNC(=S)NCC(C)(C)CO. The van der Waals surface area contributed by atoms with Crippen molar-refractivity contribution in [2.75, 3.05) is 53.6 Å². The molecule has 0 saturated carbocycles. The van der Waals surface area contributed by atoms with Gasteiger partial charge in [-0.25, -0.2) is 4.99 Å². The average molecular weight is 625 g/mol. The van der Waals surface area contributed by atoms with E-state index in [1.165, 1.54) is 0 Å². The second kappa shape index (κ2) is 25.0. The zero-order chi connectivity index (χ0) is 30.4. The largest absolute Gasteiger partial charge is 0.496 e. The number of rotatable bonds is 13. The molecule has 6 N–H and O–H groups in total. The summed E-state index contributed by atoms with van der Waals surface area (Å²) in [7, 11) is 3.34. The van der Waals surface area contributed by atoms with Crippen LogP contribution in [0.5, 0.6) is 11.5 Å². The smallest absolute Gasteiger partial charge is 0.166 e. The van der Waals surface area contributed by atoms with E-state index in [1.807, 2.05) is 76.2 Å². The Bertz CT molecular complexity index is 1020. The fourth-order valence-electron chi connectivity index (χ4n) is 2.85. The molecule has 2 aromatic rings. The van der Waals surface area contributed by atoms with Gasteiger partial charge in [-0.15, -0.1) is 0 Å². The van der Waals surface area contributed by atoms with Gasteiger partial charge in [-0.05, 0) is 67.1 Å². The topological polar surface area (TPSA) is 121 Å². The third-order valence-electron chi connectivity index (χ3n) is 5.76. The van der Waals surface area contributed by atoms with Crippen LogP contribution >= 0.6 is 24.4 Å². The van der Waals surface area contributed by atoms with E-state index < -0.39 is 0 Å². The Kier molecular flexibility index (Phi) is 26.1. The summed E-state index contributed by atoms with van der Waals surface area (Å²) in [6.07, 6.45) is 1.68. The lowest BCUT2D eigenvalue weighted by Gasteiger charge is -2.23. The molecule has 2 aromatic carbocycles. The maximum Gasteiger partial charge on any atom is 0.166 e. The minimum absolute atomic E-state index is 0. The Hall–Kier alpha value is -2.59. The first-order chi connectivity index (χ1) is 19.0. The van der Waals surface area contributed by atoms with Crippen molar-refractivity contribution in [2.24, 2.45) is 21.6 Å². The first kappa shape index (κ1) is 43.9. The molecule has 2 rings (SSSR count). The minimum Gasteiger partial charge on any atom is -0.496 e. The van der Waals surface area contributed by atoms with Crippen molar-refractivity contribution in [1.29, 1.82) is 0 Å². The van der Waals surface area contributed by atoms with Crippen molar-refractivity contribution in [2.45, 2.75) is 55.4 Å². The number of aliphatic hydroxyl groups excluding tert-OH is 2. The maximum atomic E-state index is 9.17. The van der Waals surface area contributed by atoms with Gasteiger partial charge in [-0.2, -0.15) is 0 Å². The molecular weight excluding hydrogens is 569 g/mol. The van der Waals surface area contributed by atoms with E-state index in [9.17, 15) is 5.11 Å². The third-order valence-corrected chi connectivity index (χ3v) is 6.18. The van der Waals surface area contributed by atoms with Gasteiger partial charge in [0.05, 0.1) is 25.9 Å². The van der Waals surface area contributed by atoms with Gasteiger partial charge in [0.25, 0.3) is 0 Å². The molecule has 0 fully saturated rings. The molecular formula is C32H56N4O4S2. The van der Waals surface area contributed by atoms with Crippen molar-refractivity contribution in [3.63, 3.8) is 0 Å². The van der Waals surface area contributed by atoms with Gasteiger partial charge in [0.2, 0.25) is 0 Å². The van der Waals surface area contributed by atoms with Crippen LogP contribution in [0.4, 0.5) is 0 Å². The molecule has 0 bridgehead atoms. The molecule has 8 nitrogen and oxygen atoms in total. The van der Waals surface area contributed by atoms with E-state index in [0.717, 1.165) is 42.0 Å². The zero-order valence-electron chi connectivity index (χ0n) is 24.8. The standard InChI is InChI=1S/C15H24N2O2S.C10H11NOS.C5H13NO.2CH4/c1-15(2,11-18)10-17-14(20)16-9-8-12-6-4-5-7-13(12)19-3;1-12-10-5-3-2-4-9(10)6-7-11-8-13;1-5(2,3-6)4-7;;/h4-7,18H,8-11H2,1-3H3,(H2,16,17,20);2-5H,6-7H2,1H3;7H,3-4,6H2,1-2H3;2*1H4. The van der Waals surface area contributed by atoms with Gasteiger partial charge >= 0.3 is 0 Å². The number of benzene rings is 2. The second-order valence-electron chi connectivity index (χ2n) is 10.6. The number of para-hydroxylation sites is 2. The molecule has 0 aliphatic carbocycles. The summed E-state index contributed by atoms with van der Waals surface area (Å²) in [6, 6.07) is 15.9. The first-order valence-electron chi connectivity index (χ1n) is 13.2. The van der Waals surface area contributed by atoms with Crippen LogP contribution in [-0.2, 0) is 12.8 Å². The van der Waals surface area contributed by atoms with Gasteiger partial charge in [-0.3, -0.25) is 0 Å². The van der Waals surface area contributed by atoms with Gasteiger partial charge in [-0.1, -0.05) is 78.9 Å². The van der Waals surface area contributed by atoms with Crippen LogP contribution in [0.1, 0.15) is 53.7 Å². The summed E-state index contributed by atoms with van der Waals surface area (Å²) in [4.78, 5) is 3.85. The average Bonchev–Trinajstić information content (AvgIpc) is 2.97. The number of hydrogen-bond donors (Lipinski definition) is 5. The Morgan fingerprint density at radius 3 is 1.74 bits per heavy atom. The van der Waals surface area contributed by atoms with E-state index >= 15 is 0 Å². The molecule has 42 heavy (non-hydrogen) atoms. The highest BCUT2D eigenvalue weighted by molar-refractivity contribution is 7.80. The summed E-state index contributed by atoms with van der Waals surface area (Å²) >= 11 is 9.69. The molecule has 0 aliphatic heterocycles. The Morgan fingerprint density at radius 2 is 1.33 bits per heavy atom. The lowest BCUT2D eigenvalue weighted by molar-refractivity contribution is 0.162. The van der Waals surface area contributed by atoms with Crippen LogP contribution in [0.25, 0.3) is 0 Å². The predicted octanol–water partition coefficient (Wildman–Crippen LogP) is 5.30. The highest BCUT2D eigenvalue weighted by Crippen LogP contribution is 2.18. The lowest BCUT2D eigenvalue weighted by atomic mass is 9.95. The molecule has 0 heterocycles. The third kappa shape index (κ3) is 20.3. The molecule has 10 heteroatoms.